The Hall–Kier alpha value is -1.38. The standard InChI is InChI=1S/C14H9Br3N2O3/c15-9-3-1-7(2-4-9)14(22)19-18-6-8-5-10(20)13(21)12(17)11(8)16/h1-6,20-21H,(H,19,22)/b18-6+. The van der Waals surface area contributed by atoms with E-state index in [9.17, 15) is 15.0 Å². The molecule has 0 fully saturated rings. The average Bonchev–Trinajstić information content (AvgIpc) is 2.50. The maximum Gasteiger partial charge on any atom is 0.271 e. The third kappa shape index (κ3) is 3.88. The molecule has 0 spiro atoms. The highest BCUT2D eigenvalue weighted by molar-refractivity contribution is 9.13. The van der Waals surface area contributed by atoms with Gasteiger partial charge in [-0.1, -0.05) is 15.9 Å². The van der Waals surface area contributed by atoms with Gasteiger partial charge in [0, 0.05) is 20.1 Å². The fourth-order valence-electron chi connectivity index (χ4n) is 1.54. The third-order valence-electron chi connectivity index (χ3n) is 2.67. The van der Waals surface area contributed by atoms with Gasteiger partial charge in [-0.05, 0) is 62.2 Å². The smallest absolute Gasteiger partial charge is 0.271 e. The van der Waals surface area contributed by atoms with E-state index in [0.717, 1.165) is 4.47 Å². The number of carbonyl (C=O) groups excluding carboxylic acids is 1. The van der Waals surface area contributed by atoms with Crippen molar-refractivity contribution >= 4 is 59.9 Å². The van der Waals surface area contributed by atoms with Gasteiger partial charge in [0.15, 0.2) is 11.5 Å². The van der Waals surface area contributed by atoms with E-state index in [2.05, 4.69) is 58.3 Å². The molecule has 22 heavy (non-hydrogen) atoms. The first kappa shape index (κ1) is 17.0. The van der Waals surface area contributed by atoms with Crippen LogP contribution in [0.3, 0.4) is 0 Å². The molecule has 0 atom stereocenters. The number of aromatic hydroxyl groups is 2. The summed E-state index contributed by atoms with van der Waals surface area (Å²) >= 11 is 9.68. The Kier molecular flexibility index (Phi) is 5.60. The van der Waals surface area contributed by atoms with Crippen LogP contribution in [0.1, 0.15) is 15.9 Å². The van der Waals surface area contributed by atoms with Crippen LogP contribution in [0.2, 0.25) is 0 Å². The normalized spacial score (nSPS) is 10.9. The van der Waals surface area contributed by atoms with Crippen molar-refractivity contribution in [2.24, 2.45) is 5.10 Å². The molecule has 2 rings (SSSR count). The fourth-order valence-corrected chi connectivity index (χ4v) is 2.64. The van der Waals surface area contributed by atoms with E-state index in [1.165, 1.54) is 12.3 Å². The van der Waals surface area contributed by atoms with Crippen molar-refractivity contribution in [3.05, 3.63) is 54.9 Å². The monoisotopic (exact) mass is 490 g/mol. The summed E-state index contributed by atoms with van der Waals surface area (Å²) in [6, 6.07) is 8.15. The average molecular weight is 493 g/mol. The molecular formula is C14H9Br3N2O3. The van der Waals surface area contributed by atoms with Gasteiger partial charge >= 0.3 is 0 Å². The molecule has 8 heteroatoms. The van der Waals surface area contributed by atoms with E-state index in [1.807, 2.05) is 0 Å². The van der Waals surface area contributed by atoms with Crippen molar-refractivity contribution in [1.82, 2.24) is 5.43 Å². The predicted molar refractivity (Wildman–Crippen MR) is 94.4 cm³/mol. The summed E-state index contributed by atoms with van der Waals surface area (Å²) in [6.07, 6.45) is 1.35. The quantitative estimate of drug-likeness (QED) is 0.342. The Bertz CT molecular complexity index is 746. The minimum absolute atomic E-state index is 0.275. The molecule has 114 valence electrons. The first-order valence-corrected chi connectivity index (χ1v) is 8.27. The molecular weight excluding hydrogens is 484 g/mol. The molecule has 1 amide bonds. The minimum atomic E-state index is -0.359. The van der Waals surface area contributed by atoms with Gasteiger partial charge in [-0.2, -0.15) is 5.10 Å². The van der Waals surface area contributed by atoms with Crippen LogP contribution >= 0.6 is 47.8 Å². The molecule has 0 saturated carbocycles. The number of carbonyl (C=O) groups is 1. The Morgan fingerprint density at radius 3 is 2.36 bits per heavy atom. The van der Waals surface area contributed by atoms with Crippen molar-refractivity contribution < 1.29 is 15.0 Å². The van der Waals surface area contributed by atoms with Crippen LogP contribution in [0.25, 0.3) is 0 Å². The highest BCUT2D eigenvalue weighted by atomic mass is 79.9. The lowest BCUT2D eigenvalue weighted by atomic mass is 10.2. The van der Waals surface area contributed by atoms with Gasteiger partial charge in [-0.15, -0.1) is 0 Å². The number of phenolic OH excluding ortho intramolecular Hbond substituents is 2. The number of rotatable bonds is 3. The van der Waals surface area contributed by atoms with Gasteiger partial charge < -0.3 is 10.2 Å². The Morgan fingerprint density at radius 1 is 1.09 bits per heavy atom. The van der Waals surface area contributed by atoms with Crippen molar-refractivity contribution in [2.75, 3.05) is 0 Å². The number of benzene rings is 2. The number of hydrazone groups is 1. The summed E-state index contributed by atoms with van der Waals surface area (Å²) in [5.41, 5.74) is 3.33. The van der Waals surface area contributed by atoms with Crippen LogP contribution in [0.5, 0.6) is 11.5 Å². The van der Waals surface area contributed by atoms with E-state index in [4.69, 9.17) is 0 Å². The number of hydrogen-bond acceptors (Lipinski definition) is 4. The highest BCUT2D eigenvalue weighted by Crippen LogP contribution is 2.40. The van der Waals surface area contributed by atoms with Crippen molar-refractivity contribution in [3.63, 3.8) is 0 Å². The van der Waals surface area contributed by atoms with E-state index >= 15 is 0 Å². The molecule has 0 aliphatic rings. The van der Waals surface area contributed by atoms with Crippen molar-refractivity contribution in [1.29, 1.82) is 0 Å². The molecule has 0 aromatic heterocycles. The maximum atomic E-state index is 11.9. The molecule has 0 aliphatic carbocycles. The molecule has 0 radical (unpaired) electrons. The van der Waals surface area contributed by atoms with Gasteiger partial charge in [0.1, 0.15) is 0 Å². The van der Waals surface area contributed by atoms with Crippen LogP contribution < -0.4 is 5.43 Å². The lowest BCUT2D eigenvalue weighted by Crippen LogP contribution is -2.17. The first-order chi connectivity index (χ1) is 10.4. The van der Waals surface area contributed by atoms with E-state index in [1.54, 1.807) is 24.3 Å². The second-order valence-electron chi connectivity index (χ2n) is 4.17. The van der Waals surface area contributed by atoms with Crippen LogP contribution in [0, 0.1) is 0 Å². The highest BCUT2D eigenvalue weighted by Gasteiger charge is 2.12. The number of halogens is 3. The molecule has 0 aliphatic heterocycles. The third-order valence-corrected chi connectivity index (χ3v) is 5.35. The van der Waals surface area contributed by atoms with Crippen molar-refractivity contribution in [3.8, 4) is 11.5 Å². The number of nitrogens with one attached hydrogen (secondary N) is 1. The zero-order chi connectivity index (χ0) is 16.3. The lowest BCUT2D eigenvalue weighted by molar-refractivity contribution is 0.0955. The van der Waals surface area contributed by atoms with Gasteiger partial charge in [0.2, 0.25) is 0 Å². The second-order valence-corrected chi connectivity index (χ2v) is 6.67. The zero-order valence-electron chi connectivity index (χ0n) is 10.8. The van der Waals surface area contributed by atoms with E-state index in [0.29, 0.717) is 20.1 Å². The zero-order valence-corrected chi connectivity index (χ0v) is 15.6. The van der Waals surface area contributed by atoms with E-state index in [-0.39, 0.29) is 17.4 Å². The lowest BCUT2D eigenvalue weighted by Gasteiger charge is -2.06. The molecule has 0 unspecified atom stereocenters. The fraction of sp³-hybridized carbons (Fsp3) is 0. The summed E-state index contributed by atoms with van der Waals surface area (Å²) in [4.78, 5) is 11.9. The maximum absolute atomic E-state index is 11.9. The van der Waals surface area contributed by atoms with Crippen molar-refractivity contribution in [2.45, 2.75) is 0 Å². The minimum Gasteiger partial charge on any atom is -0.504 e. The second kappa shape index (κ2) is 7.26. The number of amides is 1. The molecule has 3 N–H and O–H groups in total. The molecule has 0 saturated heterocycles. The van der Waals surface area contributed by atoms with E-state index < -0.39 is 0 Å². The first-order valence-electron chi connectivity index (χ1n) is 5.89. The predicted octanol–water partition coefficient (Wildman–Crippen LogP) is 4.15. The SMILES string of the molecule is O=C(N/N=C/c1cc(O)c(O)c(Br)c1Br)c1ccc(Br)cc1. The molecule has 5 nitrogen and oxygen atoms in total. The number of hydrogen-bond donors (Lipinski definition) is 3. The number of phenols is 2. The summed E-state index contributed by atoms with van der Waals surface area (Å²) < 4.78 is 1.68. The molecule has 0 bridgehead atoms. The molecule has 2 aromatic rings. The van der Waals surface area contributed by atoms with Crippen LogP contribution in [-0.4, -0.2) is 22.3 Å². The Balaban J connectivity index is 2.13. The topological polar surface area (TPSA) is 81.9 Å². The summed E-state index contributed by atoms with van der Waals surface area (Å²) in [5.74, 6) is -0.930. The molecule has 0 heterocycles. The van der Waals surface area contributed by atoms with Gasteiger partial charge in [-0.25, -0.2) is 5.43 Å². The molecule has 2 aromatic carbocycles. The van der Waals surface area contributed by atoms with Gasteiger partial charge in [0.25, 0.3) is 5.91 Å². The van der Waals surface area contributed by atoms with Gasteiger partial charge in [-0.3, -0.25) is 4.79 Å². The van der Waals surface area contributed by atoms with Gasteiger partial charge in [0.05, 0.1) is 10.7 Å². The Labute approximate surface area is 151 Å². The van der Waals surface area contributed by atoms with Crippen LogP contribution in [0.15, 0.2) is 48.9 Å². The Morgan fingerprint density at radius 2 is 1.73 bits per heavy atom. The number of nitrogens with zero attached hydrogens (tertiary/aromatic N) is 1. The summed E-state index contributed by atoms with van der Waals surface area (Å²) in [7, 11) is 0. The van der Waals surface area contributed by atoms with Crippen LogP contribution in [0.4, 0.5) is 0 Å². The summed E-state index contributed by atoms with van der Waals surface area (Å²) in [5, 5.41) is 22.9. The summed E-state index contributed by atoms with van der Waals surface area (Å²) in [6.45, 7) is 0. The largest absolute Gasteiger partial charge is 0.504 e. The van der Waals surface area contributed by atoms with Crippen LogP contribution in [-0.2, 0) is 0 Å².